The number of nitrogens with one attached hydrogen (secondary N) is 1. The molecule has 1 aliphatic heterocycles. The van der Waals surface area contributed by atoms with Crippen LogP contribution in [0.3, 0.4) is 0 Å². The lowest BCUT2D eigenvalue weighted by Gasteiger charge is -2.18. The molecule has 1 aromatic heterocycles. The monoisotopic (exact) mass is 399 g/mol. The number of benzene rings is 1. The summed E-state index contributed by atoms with van der Waals surface area (Å²) in [6.45, 7) is 1.96. The van der Waals surface area contributed by atoms with Crippen LogP contribution in [0.15, 0.2) is 47.5 Å². The number of alkyl halides is 3. The highest BCUT2D eigenvalue weighted by Gasteiger charge is 2.30. The van der Waals surface area contributed by atoms with Gasteiger partial charge in [0.2, 0.25) is 0 Å². The van der Waals surface area contributed by atoms with Crippen LogP contribution >= 0.6 is 0 Å². The summed E-state index contributed by atoms with van der Waals surface area (Å²) in [5, 5.41) is 3.18. The van der Waals surface area contributed by atoms with Crippen molar-refractivity contribution in [3.63, 3.8) is 0 Å². The standard InChI is InChI=1S/C18H20F3N3O2S/c1-27(25,26)16-3-2-9-22-17(16)23-15-8-10-24(12-15)11-13-4-6-14(7-5-13)18(19,20)21/h2-7,9,15H,8,10-12H2,1H3,(H,22,23). The van der Waals surface area contributed by atoms with Crippen molar-refractivity contribution in [1.82, 2.24) is 9.88 Å². The Labute approximate surface area is 156 Å². The van der Waals surface area contributed by atoms with Crippen LogP contribution in [0.25, 0.3) is 0 Å². The number of aromatic nitrogens is 1. The highest BCUT2D eigenvalue weighted by atomic mass is 32.2. The van der Waals surface area contributed by atoms with Crippen LogP contribution in [0.5, 0.6) is 0 Å². The van der Waals surface area contributed by atoms with Crippen molar-refractivity contribution in [2.75, 3.05) is 24.7 Å². The summed E-state index contributed by atoms with van der Waals surface area (Å²) in [5.74, 6) is 0.335. The van der Waals surface area contributed by atoms with Gasteiger partial charge in [-0.1, -0.05) is 12.1 Å². The maximum atomic E-state index is 12.6. The maximum absolute atomic E-state index is 12.6. The zero-order valence-electron chi connectivity index (χ0n) is 14.7. The number of likely N-dealkylation sites (tertiary alicyclic amines) is 1. The average molecular weight is 399 g/mol. The molecule has 0 radical (unpaired) electrons. The molecule has 2 aromatic rings. The Morgan fingerprint density at radius 1 is 1.22 bits per heavy atom. The molecule has 2 heterocycles. The summed E-state index contributed by atoms with van der Waals surface area (Å²) in [6, 6.07) is 8.27. The Balaban J connectivity index is 1.61. The van der Waals surface area contributed by atoms with Gasteiger partial charge in [-0.05, 0) is 36.2 Å². The molecule has 1 fully saturated rings. The molecular weight excluding hydrogens is 379 g/mol. The van der Waals surface area contributed by atoms with Gasteiger partial charge >= 0.3 is 6.18 Å². The van der Waals surface area contributed by atoms with Crippen LogP contribution in [-0.2, 0) is 22.6 Å². The summed E-state index contributed by atoms with van der Waals surface area (Å²) in [6.07, 6.45) is -0.867. The summed E-state index contributed by atoms with van der Waals surface area (Å²) in [4.78, 5) is 6.41. The van der Waals surface area contributed by atoms with Gasteiger partial charge in [0.05, 0.1) is 5.56 Å². The van der Waals surface area contributed by atoms with Crippen LogP contribution in [0.1, 0.15) is 17.5 Å². The maximum Gasteiger partial charge on any atom is 0.416 e. The number of hydrogen-bond donors (Lipinski definition) is 1. The molecule has 3 rings (SSSR count). The summed E-state index contributed by atoms with van der Waals surface area (Å²) >= 11 is 0. The fraction of sp³-hybridized carbons (Fsp3) is 0.389. The summed E-state index contributed by atoms with van der Waals surface area (Å²) < 4.78 is 61.6. The number of anilines is 1. The van der Waals surface area contributed by atoms with E-state index < -0.39 is 21.6 Å². The number of sulfone groups is 1. The smallest absolute Gasteiger partial charge is 0.365 e. The zero-order chi connectivity index (χ0) is 19.7. The van der Waals surface area contributed by atoms with E-state index in [4.69, 9.17) is 0 Å². The lowest BCUT2D eigenvalue weighted by molar-refractivity contribution is -0.137. The molecular formula is C18H20F3N3O2S. The van der Waals surface area contributed by atoms with Gasteiger partial charge in [-0.3, -0.25) is 4.90 Å². The van der Waals surface area contributed by atoms with Crippen LogP contribution in [0.4, 0.5) is 19.0 Å². The first-order chi connectivity index (χ1) is 12.6. The van der Waals surface area contributed by atoms with Crippen molar-refractivity contribution < 1.29 is 21.6 Å². The highest BCUT2D eigenvalue weighted by molar-refractivity contribution is 7.90. The molecule has 9 heteroatoms. The lowest BCUT2D eigenvalue weighted by Crippen LogP contribution is -2.27. The van der Waals surface area contributed by atoms with E-state index >= 15 is 0 Å². The van der Waals surface area contributed by atoms with Crippen molar-refractivity contribution in [3.05, 3.63) is 53.7 Å². The highest BCUT2D eigenvalue weighted by Crippen LogP contribution is 2.29. The van der Waals surface area contributed by atoms with Gasteiger partial charge in [0.15, 0.2) is 9.84 Å². The van der Waals surface area contributed by atoms with Gasteiger partial charge < -0.3 is 5.32 Å². The number of hydrogen-bond acceptors (Lipinski definition) is 5. The first-order valence-corrected chi connectivity index (χ1v) is 10.3. The van der Waals surface area contributed by atoms with Gasteiger partial charge in [0, 0.05) is 38.1 Å². The van der Waals surface area contributed by atoms with Crippen LogP contribution in [0, 0.1) is 0 Å². The van der Waals surface area contributed by atoms with Crippen molar-refractivity contribution in [3.8, 4) is 0 Å². The first-order valence-electron chi connectivity index (χ1n) is 8.43. The quantitative estimate of drug-likeness (QED) is 0.837. The largest absolute Gasteiger partial charge is 0.416 e. The average Bonchev–Trinajstić information content (AvgIpc) is 3.01. The summed E-state index contributed by atoms with van der Waals surface area (Å²) in [5.41, 5.74) is 0.147. The summed E-state index contributed by atoms with van der Waals surface area (Å²) in [7, 11) is -3.38. The molecule has 27 heavy (non-hydrogen) atoms. The molecule has 0 bridgehead atoms. The van der Waals surface area contributed by atoms with Crippen LogP contribution < -0.4 is 5.32 Å². The molecule has 0 amide bonds. The van der Waals surface area contributed by atoms with E-state index in [9.17, 15) is 21.6 Å². The molecule has 1 atom stereocenters. The number of nitrogens with zero attached hydrogens (tertiary/aromatic N) is 2. The zero-order valence-corrected chi connectivity index (χ0v) is 15.5. The fourth-order valence-corrected chi connectivity index (χ4v) is 3.93. The van der Waals surface area contributed by atoms with E-state index in [2.05, 4.69) is 15.2 Å². The van der Waals surface area contributed by atoms with E-state index in [-0.39, 0.29) is 10.9 Å². The first kappa shape index (κ1) is 19.6. The van der Waals surface area contributed by atoms with Gasteiger partial charge in [-0.25, -0.2) is 13.4 Å². The molecule has 1 unspecified atom stereocenters. The molecule has 0 saturated carbocycles. The number of rotatable bonds is 5. The Hall–Kier alpha value is -2.13. The molecule has 146 valence electrons. The van der Waals surface area contributed by atoms with Crippen molar-refractivity contribution in [2.24, 2.45) is 0 Å². The van der Waals surface area contributed by atoms with Crippen molar-refractivity contribution >= 4 is 15.7 Å². The van der Waals surface area contributed by atoms with E-state index in [0.29, 0.717) is 18.9 Å². The fourth-order valence-electron chi connectivity index (χ4n) is 3.14. The Bertz CT molecular complexity index is 899. The van der Waals surface area contributed by atoms with Gasteiger partial charge in [-0.15, -0.1) is 0 Å². The second-order valence-corrected chi connectivity index (χ2v) is 8.67. The normalized spacial score (nSPS) is 18.6. The molecule has 0 aliphatic carbocycles. The predicted octanol–water partition coefficient (Wildman–Crippen LogP) is 3.19. The number of pyridine rings is 1. The van der Waals surface area contributed by atoms with Gasteiger partial charge in [-0.2, -0.15) is 13.2 Å². The van der Waals surface area contributed by atoms with E-state index in [1.54, 1.807) is 6.07 Å². The molecule has 1 aromatic carbocycles. The van der Waals surface area contributed by atoms with Crippen molar-refractivity contribution in [1.29, 1.82) is 0 Å². The lowest BCUT2D eigenvalue weighted by atomic mass is 10.1. The van der Waals surface area contributed by atoms with Crippen LogP contribution in [-0.4, -0.2) is 43.7 Å². The SMILES string of the molecule is CS(=O)(=O)c1cccnc1NC1CCN(Cc2ccc(C(F)(F)F)cc2)C1. The molecule has 0 spiro atoms. The Morgan fingerprint density at radius 3 is 2.56 bits per heavy atom. The van der Waals surface area contributed by atoms with E-state index in [0.717, 1.165) is 36.9 Å². The molecule has 5 nitrogen and oxygen atoms in total. The minimum absolute atomic E-state index is 0.0230. The van der Waals surface area contributed by atoms with Gasteiger partial charge in [0.1, 0.15) is 10.7 Å². The minimum atomic E-state index is -4.33. The molecule has 1 aliphatic rings. The van der Waals surface area contributed by atoms with E-state index in [1.807, 2.05) is 0 Å². The van der Waals surface area contributed by atoms with E-state index in [1.165, 1.54) is 24.4 Å². The Kier molecular flexibility index (Phi) is 5.43. The van der Waals surface area contributed by atoms with Crippen LogP contribution in [0.2, 0.25) is 0 Å². The number of halogens is 3. The third-order valence-electron chi connectivity index (χ3n) is 4.47. The molecule has 1 saturated heterocycles. The second kappa shape index (κ2) is 7.47. The van der Waals surface area contributed by atoms with Crippen molar-refractivity contribution in [2.45, 2.75) is 30.1 Å². The second-order valence-electron chi connectivity index (χ2n) is 6.68. The third-order valence-corrected chi connectivity index (χ3v) is 5.60. The minimum Gasteiger partial charge on any atom is -0.365 e. The van der Waals surface area contributed by atoms with Gasteiger partial charge in [0.25, 0.3) is 0 Å². The topological polar surface area (TPSA) is 62.3 Å². The third kappa shape index (κ3) is 4.98. The molecule has 1 N–H and O–H groups in total. The predicted molar refractivity (Wildman–Crippen MR) is 96.1 cm³/mol. The Morgan fingerprint density at radius 2 is 1.93 bits per heavy atom.